The van der Waals surface area contributed by atoms with Crippen LogP contribution in [0.25, 0.3) is 0 Å². The first-order valence-corrected chi connectivity index (χ1v) is 6.62. The summed E-state index contributed by atoms with van der Waals surface area (Å²) < 4.78 is 0. The fraction of sp³-hybridized carbons (Fsp3) is 0.571. The Bertz CT molecular complexity index is 141. The third-order valence-corrected chi connectivity index (χ3v) is 4.18. The normalized spacial score (nSPS) is 11.0. The lowest BCUT2D eigenvalue weighted by molar-refractivity contribution is -0.136. The van der Waals surface area contributed by atoms with Crippen molar-refractivity contribution in [1.29, 1.82) is 0 Å². The Morgan fingerprint density at radius 2 is 2.20 bits per heavy atom. The molecule has 0 aromatic heterocycles. The monoisotopic (exact) mass is 158 g/mol. The van der Waals surface area contributed by atoms with Crippen molar-refractivity contribution in [3.63, 3.8) is 0 Å². The van der Waals surface area contributed by atoms with E-state index >= 15 is 0 Å². The third kappa shape index (κ3) is 4.32. The molecule has 0 unspecified atom stereocenters. The van der Waals surface area contributed by atoms with E-state index in [2.05, 4.69) is 19.7 Å². The van der Waals surface area contributed by atoms with Gasteiger partial charge in [0.25, 0.3) is 0 Å². The van der Waals surface area contributed by atoms with E-state index in [1.807, 2.05) is 5.70 Å². The van der Waals surface area contributed by atoms with Crippen LogP contribution in [0.15, 0.2) is 12.3 Å². The topological polar surface area (TPSA) is 37.3 Å². The number of carboxylic acids is 1. The van der Waals surface area contributed by atoms with Gasteiger partial charge in [0.15, 0.2) is 0 Å². The summed E-state index contributed by atoms with van der Waals surface area (Å²) in [5.74, 6) is -0.706. The van der Waals surface area contributed by atoms with Crippen molar-refractivity contribution in [2.75, 3.05) is 0 Å². The molecule has 58 valence electrons. The molecule has 0 amide bonds. The van der Waals surface area contributed by atoms with E-state index in [9.17, 15) is 4.79 Å². The van der Waals surface area contributed by atoms with Crippen LogP contribution in [-0.2, 0) is 4.79 Å². The first kappa shape index (κ1) is 9.43. The Morgan fingerprint density at radius 1 is 1.70 bits per heavy atom. The molecule has 0 bridgehead atoms. The Morgan fingerprint density at radius 3 is 2.50 bits per heavy atom. The third-order valence-electron chi connectivity index (χ3n) is 1.54. The van der Waals surface area contributed by atoms with Gasteiger partial charge in [-0.2, -0.15) is 0 Å². The van der Waals surface area contributed by atoms with Gasteiger partial charge in [0, 0.05) is 6.42 Å². The van der Waals surface area contributed by atoms with Crippen molar-refractivity contribution >= 4 is 14.0 Å². The fourth-order valence-corrected chi connectivity index (χ4v) is 1.59. The Labute approximate surface area is 62.6 Å². The van der Waals surface area contributed by atoms with Crippen molar-refractivity contribution in [1.82, 2.24) is 0 Å². The minimum atomic E-state index is -1.36. The molecule has 0 aromatic carbocycles. The van der Waals surface area contributed by atoms with Crippen molar-refractivity contribution in [3.8, 4) is 0 Å². The second kappa shape index (κ2) is 3.56. The molecule has 0 spiro atoms. The second-order valence-electron chi connectivity index (χ2n) is 3.09. The van der Waals surface area contributed by atoms with Crippen LogP contribution in [0, 0.1) is 0 Å². The molecule has 0 aliphatic carbocycles. The first-order valence-electron chi connectivity index (χ1n) is 3.33. The minimum Gasteiger partial charge on any atom is -0.481 e. The summed E-state index contributed by atoms with van der Waals surface area (Å²) in [5, 5.41) is 8.36. The zero-order valence-corrected chi connectivity index (χ0v) is 7.55. The SMILES string of the molecule is C=C[Si](C)(C)CCC(=O)O. The lowest BCUT2D eigenvalue weighted by Crippen LogP contribution is -2.22. The first-order chi connectivity index (χ1) is 4.48. The van der Waals surface area contributed by atoms with E-state index < -0.39 is 14.0 Å². The summed E-state index contributed by atoms with van der Waals surface area (Å²) in [6.07, 6.45) is 0.283. The van der Waals surface area contributed by atoms with Gasteiger partial charge >= 0.3 is 5.97 Å². The highest BCUT2D eigenvalue weighted by atomic mass is 28.3. The molecular weight excluding hydrogens is 144 g/mol. The molecule has 0 radical (unpaired) electrons. The van der Waals surface area contributed by atoms with Crippen molar-refractivity contribution in [2.45, 2.75) is 25.6 Å². The summed E-state index contributed by atoms with van der Waals surface area (Å²) in [5.41, 5.74) is 1.93. The zero-order chi connectivity index (χ0) is 8.20. The number of rotatable bonds is 4. The highest BCUT2D eigenvalue weighted by molar-refractivity contribution is 6.82. The molecule has 2 nitrogen and oxygen atoms in total. The molecule has 0 aliphatic rings. The fourth-order valence-electron chi connectivity index (χ4n) is 0.531. The van der Waals surface area contributed by atoms with Crippen LogP contribution in [0.5, 0.6) is 0 Å². The van der Waals surface area contributed by atoms with Crippen molar-refractivity contribution in [2.24, 2.45) is 0 Å². The summed E-state index contributed by atoms with van der Waals surface area (Å²) >= 11 is 0. The molecule has 10 heavy (non-hydrogen) atoms. The molecule has 0 aromatic rings. The quantitative estimate of drug-likeness (QED) is 0.634. The zero-order valence-electron chi connectivity index (χ0n) is 6.55. The Kier molecular flexibility index (Phi) is 3.36. The second-order valence-corrected chi connectivity index (χ2v) is 7.97. The molecule has 0 fully saturated rings. The Balaban J connectivity index is 3.67. The van der Waals surface area contributed by atoms with E-state index in [0.29, 0.717) is 0 Å². The lowest BCUT2D eigenvalue weighted by Gasteiger charge is -2.14. The van der Waals surface area contributed by atoms with Crippen LogP contribution in [-0.4, -0.2) is 19.1 Å². The molecule has 0 heterocycles. The van der Waals surface area contributed by atoms with Gasteiger partial charge in [-0.05, 0) is 6.04 Å². The highest BCUT2D eigenvalue weighted by Crippen LogP contribution is 2.11. The van der Waals surface area contributed by atoms with Crippen molar-refractivity contribution < 1.29 is 9.90 Å². The van der Waals surface area contributed by atoms with Crippen LogP contribution >= 0.6 is 0 Å². The van der Waals surface area contributed by atoms with E-state index in [-0.39, 0.29) is 6.42 Å². The molecule has 0 aliphatic heterocycles. The van der Waals surface area contributed by atoms with Gasteiger partial charge in [0.2, 0.25) is 0 Å². The van der Waals surface area contributed by atoms with Crippen molar-refractivity contribution in [3.05, 3.63) is 12.3 Å². The lowest BCUT2D eigenvalue weighted by atomic mass is 10.5. The maximum absolute atomic E-state index is 10.1. The average molecular weight is 158 g/mol. The molecule has 0 atom stereocenters. The number of hydrogen-bond acceptors (Lipinski definition) is 1. The number of aliphatic carboxylic acids is 1. The number of hydrogen-bond donors (Lipinski definition) is 1. The largest absolute Gasteiger partial charge is 0.481 e. The maximum Gasteiger partial charge on any atom is 0.303 e. The standard InChI is InChI=1S/C7H14O2Si/c1-4-10(2,3)6-5-7(8)9/h4H,1,5-6H2,2-3H3,(H,8,9). The van der Waals surface area contributed by atoms with Crippen LogP contribution in [0.3, 0.4) is 0 Å². The van der Waals surface area contributed by atoms with E-state index in [1.54, 1.807) is 0 Å². The van der Waals surface area contributed by atoms with E-state index in [0.717, 1.165) is 6.04 Å². The van der Waals surface area contributed by atoms with Crippen LogP contribution in [0.1, 0.15) is 6.42 Å². The molecule has 0 saturated heterocycles. The minimum absolute atomic E-state index is 0.283. The summed E-state index contributed by atoms with van der Waals surface area (Å²) in [6, 6.07) is 0.797. The van der Waals surface area contributed by atoms with Gasteiger partial charge in [-0.25, -0.2) is 0 Å². The molecular formula is C7H14O2Si. The summed E-state index contributed by atoms with van der Waals surface area (Å²) in [7, 11) is -1.36. The average Bonchev–Trinajstić information content (AvgIpc) is 1.85. The van der Waals surface area contributed by atoms with Crippen LogP contribution in [0.4, 0.5) is 0 Å². The van der Waals surface area contributed by atoms with Gasteiger partial charge in [-0.15, -0.1) is 12.3 Å². The molecule has 3 heteroatoms. The summed E-state index contributed by atoms with van der Waals surface area (Å²) in [4.78, 5) is 10.1. The Hall–Kier alpha value is -0.573. The predicted octanol–water partition coefficient (Wildman–Crippen LogP) is 1.89. The predicted molar refractivity (Wildman–Crippen MR) is 44.7 cm³/mol. The van der Waals surface area contributed by atoms with Gasteiger partial charge in [0.1, 0.15) is 0 Å². The number of carboxylic acid groups (broad SMARTS) is 1. The van der Waals surface area contributed by atoms with Gasteiger partial charge in [-0.3, -0.25) is 4.79 Å². The van der Waals surface area contributed by atoms with Gasteiger partial charge < -0.3 is 5.11 Å². The maximum atomic E-state index is 10.1. The van der Waals surface area contributed by atoms with E-state index in [4.69, 9.17) is 5.11 Å². The molecule has 1 N–H and O–H groups in total. The smallest absolute Gasteiger partial charge is 0.303 e. The van der Waals surface area contributed by atoms with Gasteiger partial charge in [-0.1, -0.05) is 13.1 Å². The van der Waals surface area contributed by atoms with Gasteiger partial charge in [0.05, 0.1) is 8.07 Å². The van der Waals surface area contributed by atoms with Crippen LogP contribution < -0.4 is 0 Å². The van der Waals surface area contributed by atoms with Crippen LogP contribution in [0.2, 0.25) is 19.1 Å². The molecule has 0 rings (SSSR count). The number of carbonyl (C=O) groups is 1. The van der Waals surface area contributed by atoms with E-state index in [1.165, 1.54) is 0 Å². The molecule has 0 saturated carbocycles. The highest BCUT2D eigenvalue weighted by Gasteiger charge is 2.16. The summed E-state index contributed by atoms with van der Waals surface area (Å²) in [6.45, 7) is 7.91.